The van der Waals surface area contributed by atoms with Gasteiger partial charge in [0.05, 0.1) is 13.7 Å². The van der Waals surface area contributed by atoms with E-state index >= 15 is 0 Å². The number of methoxy groups -OCH3 is 1. The molecule has 0 saturated heterocycles. The van der Waals surface area contributed by atoms with Crippen LogP contribution in [0.3, 0.4) is 0 Å². The molecule has 0 aliphatic carbocycles. The highest BCUT2D eigenvalue weighted by molar-refractivity contribution is 8.13. The van der Waals surface area contributed by atoms with Crippen LogP contribution in [0.2, 0.25) is 5.02 Å². The predicted molar refractivity (Wildman–Crippen MR) is 71.6 cm³/mol. The van der Waals surface area contributed by atoms with Gasteiger partial charge >= 0.3 is 5.97 Å². The molecule has 0 amide bonds. The van der Waals surface area contributed by atoms with Crippen molar-refractivity contribution in [2.75, 3.05) is 13.7 Å². The van der Waals surface area contributed by atoms with Gasteiger partial charge in [-0.2, -0.15) is 0 Å². The average molecular weight is 327 g/mol. The number of rotatable bonds is 5. The maximum absolute atomic E-state index is 11.8. The highest BCUT2D eigenvalue weighted by Gasteiger charge is 2.25. The van der Waals surface area contributed by atoms with Crippen LogP contribution >= 0.6 is 22.3 Å². The number of ether oxygens (including phenoxy) is 2. The second kappa shape index (κ2) is 6.45. The third-order valence-electron chi connectivity index (χ3n) is 2.14. The van der Waals surface area contributed by atoms with Crippen LogP contribution < -0.4 is 4.74 Å². The van der Waals surface area contributed by atoms with Crippen LogP contribution in [0.15, 0.2) is 17.0 Å². The Morgan fingerprint density at radius 1 is 1.37 bits per heavy atom. The van der Waals surface area contributed by atoms with Gasteiger partial charge in [0.25, 0.3) is 9.05 Å². The second-order valence-electron chi connectivity index (χ2n) is 3.56. The highest BCUT2D eigenvalue weighted by atomic mass is 35.7. The van der Waals surface area contributed by atoms with E-state index in [0.717, 1.165) is 6.07 Å². The van der Waals surface area contributed by atoms with Gasteiger partial charge in [-0.05, 0) is 18.6 Å². The van der Waals surface area contributed by atoms with Crippen molar-refractivity contribution in [3.8, 4) is 5.75 Å². The maximum Gasteiger partial charge on any atom is 0.342 e. The normalized spacial score (nSPS) is 11.2. The molecule has 106 valence electrons. The van der Waals surface area contributed by atoms with Crippen molar-refractivity contribution >= 4 is 37.3 Å². The van der Waals surface area contributed by atoms with E-state index in [2.05, 4.69) is 0 Å². The molecule has 5 nitrogen and oxygen atoms in total. The van der Waals surface area contributed by atoms with Crippen LogP contribution in [-0.2, 0) is 13.8 Å². The molecule has 0 heterocycles. The lowest BCUT2D eigenvalue weighted by atomic mass is 10.2. The molecule has 0 atom stereocenters. The minimum atomic E-state index is -4.09. The number of benzene rings is 1. The summed E-state index contributed by atoms with van der Waals surface area (Å²) in [6, 6.07) is 2.38. The Morgan fingerprint density at radius 2 is 2.00 bits per heavy atom. The molecule has 0 radical (unpaired) electrons. The molecule has 1 aromatic rings. The fourth-order valence-corrected chi connectivity index (χ4v) is 2.69. The zero-order chi connectivity index (χ0) is 14.6. The molecule has 0 fully saturated rings. The van der Waals surface area contributed by atoms with Crippen molar-refractivity contribution in [1.29, 1.82) is 0 Å². The van der Waals surface area contributed by atoms with Crippen LogP contribution in [-0.4, -0.2) is 28.1 Å². The summed E-state index contributed by atoms with van der Waals surface area (Å²) in [7, 11) is 2.41. The number of hydrogen-bond acceptors (Lipinski definition) is 5. The molecule has 0 aliphatic rings. The van der Waals surface area contributed by atoms with Gasteiger partial charge in [-0.1, -0.05) is 18.5 Å². The van der Waals surface area contributed by atoms with Crippen LogP contribution in [0.4, 0.5) is 0 Å². The lowest BCUT2D eigenvalue weighted by molar-refractivity contribution is 0.0501. The lowest BCUT2D eigenvalue weighted by Gasteiger charge is -2.12. The minimum Gasteiger partial charge on any atom is -0.494 e. The molecule has 0 N–H and O–H groups in total. The van der Waals surface area contributed by atoms with Gasteiger partial charge in [-0.25, -0.2) is 13.2 Å². The number of carbonyl (C=O) groups is 1. The van der Waals surface area contributed by atoms with Crippen LogP contribution in [0, 0.1) is 0 Å². The van der Waals surface area contributed by atoms with E-state index in [1.54, 1.807) is 0 Å². The van der Waals surface area contributed by atoms with Crippen molar-refractivity contribution < 1.29 is 22.7 Å². The molecular weight excluding hydrogens is 315 g/mol. The summed E-state index contributed by atoms with van der Waals surface area (Å²) >= 11 is 5.78. The van der Waals surface area contributed by atoms with E-state index in [4.69, 9.17) is 31.8 Å². The predicted octanol–water partition coefficient (Wildman–Crippen LogP) is 2.84. The maximum atomic E-state index is 11.8. The first-order valence-electron chi connectivity index (χ1n) is 5.30. The number of carbonyl (C=O) groups excluding carboxylic acids is 1. The van der Waals surface area contributed by atoms with Gasteiger partial charge in [0, 0.05) is 15.7 Å². The summed E-state index contributed by atoms with van der Waals surface area (Å²) in [5.41, 5.74) is -0.0809. The second-order valence-corrected chi connectivity index (χ2v) is 6.53. The van der Waals surface area contributed by atoms with Crippen molar-refractivity contribution in [3.63, 3.8) is 0 Å². The smallest absolute Gasteiger partial charge is 0.342 e. The minimum absolute atomic E-state index is 0.0449. The highest BCUT2D eigenvalue weighted by Crippen LogP contribution is 2.34. The van der Waals surface area contributed by atoms with E-state index in [1.807, 2.05) is 6.92 Å². The van der Waals surface area contributed by atoms with Crippen LogP contribution in [0.25, 0.3) is 0 Å². The fraction of sp³-hybridized carbons (Fsp3) is 0.364. The largest absolute Gasteiger partial charge is 0.494 e. The monoisotopic (exact) mass is 326 g/mol. The van der Waals surface area contributed by atoms with Gasteiger partial charge in [0.2, 0.25) is 0 Å². The SMILES string of the molecule is CCCOC(=O)c1cc(Cl)cc(S(=O)(=O)Cl)c1OC. The summed E-state index contributed by atoms with van der Waals surface area (Å²) in [6.07, 6.45) is 0.634. The Bertz CT molecular complexity index is 583. The Morgan fingerprint density at radius 3 is 2.47 bits per heavy atom. The third-order valence-corrected chi connectivity index (χ3v) is 3.69. The van der Waals surface area contributed by atoms with E-state index in [-0.39, 0.29) is 27.8 Å². The average Bonchev–Trinajstić information content (AvgIpc) is 2.33. The van der Waals surface area contributed by atoms with Crippen molar-refractivity contribution in [1.82, 2.24) is 0 Å². The summed E-state index contributed by atoms with van der Waals surface area (Å²) in [4.78, 5) is 11.4. The first kappa shape index (κ1) is 16.1. The molecule has 0 unspecified atom stereocenters. The molecule has 8 heteroatoms. The number of esters is 1. The van der Waals surface area contributed by atoms with E-state index < -0.39 is 15.0 Å². The zero-order valence-electron chi connectivity index (χ0n) is 10.3. The number of hydrogen-bond donors (Lipinski definition) is 0. The van der Waals surface area contributed by atoms with Gasteiger partial charge in [-0.15, -0.1) is 0 Å². The Kier molecular flexibility index (Phi) is 5.46. The molecule has 0 spiro atoms. The lowest BCUT2D eigenvalue weighted by Crippen LogP contribution is -2.10. The molecule has 0 aromatic heterocycles. The van der Waals surface area contributed by atoms with Gasteiger partial charge < -0.3 is 9.47 Å². The first-order chi connectivity index (χ1) is 8.81. The van der Waals surface area contributed by atoms with Crippen LogP contribution in [0.5, 0.6) is 5.75 Å². The van der Waals surface area contributed by atoms with Crippen molar-refractivity contribution in [2.45, 2.75) is 18.2 Å². The summed E-state index contributed by atoms with van der Waals surface area (Å²) < 4.78 is 32.7. The van der Waals surface area contributed by atoms with Crippen LogP contribution in [0.1, 0.15) is 23.7 Å². The zero-order valence-corrected chi connectivity index (χ0v) is 12.6. The molecular formula is C11H12Cl2O5S. The van der Waals surface area contributed by atoms with E-state index in [0.29, 0.717) is 6.42 Å². The Balaban J connectivity index is 3.40. The van der Waals surface area contributed by atoms with Gasteiger partial charge in [-0.3, -0.25) is 0 Å². The van der Waals surface area contributed by atoms with Gasteiger partial charge in [0.15, 0.2) is 5.75 Å². The molecule has 0 saturated carbocycles. The summed E-state index contributed by atoms with van der Waals surface area (Å²) in [6.45, 7) is 2.04. The molecule has 19 heavy (non-hydrogen) atoms. The third kappa shape index (κ3) is 3.99. The Hall–Kier alpha value is -0.980. The number of halogens is 2. The van der Waals surface area contributed by atoms with Gasteiger partial charge in [0.1, 0.15) is 10.5 Å². The van der Waals surface area contributed by atoms with Crippen molar-refractivity contribution in [2.24, 2.45) is 0 Å². The van der Waals surface area contributed by atoms with E-state index in [1.165, 1.54) is 13.2 Å². The quantitative estimate of drug-likeness (QED) is 0.614. The molecule has 0 aliphatic heterocycles. The molecule has 1 rings (SSSR count). The molecule has 0 bridgehead atoms. The van der Waals surface area contributed by atoms with Crippen molar-refractivity contribution in [3.05, 3.63) is 22.7 Å². The Labute approximate surface area is 120 Å². The topological polar surface area (TPSA) is 69.7 Å². The molecule has 1 aromatic carbocycles. The fourth-order valence-electron chi connectivity index (χ4n) is 1.38. The first-order valence-corrected chi connectivity index (χ1v) is 7.99. The standard InChI is InChI=1S/C11H12Cl2O5S/c1-3-4-18-11(14)8-5-7(12)6-9(10(8)17-2)19(13,15)16/h5-6H,3-4H2,1-2H3. The van der Waals surface area contributed by atoms with E-state index in [9.17, 15) is 13.2 Å². The summed E-state index contributed by atoms with van der Waals surface area (Å²) in [5.74, 6) is -0.900. The summed E-state index contributed by atoms with van der Waals surface area (Å²) in [5, 5.41) is 0.0449.